The number of carbonyl (C=O) groups is 1. The number of methoxy groups -OCH3 is 2. The Bertz CT molecular complexity index is 591. The Morgan fingerprint density at radius 2 is 1.90 bits per heavy atom. The first-order chi connectivity index (χ1) is 9.90. The molecule has 5 heteroatoms. The van der Waals surface area contributed by atoms with Gasteiger partial charge in [0.05, 0.1) is 14.2 Å². The Balaban J connectivity index is 2.58. The van der Waals surface area contributed by atoms with Crippen molar-refractivity contribution >= 4 is 11.6 Å². The molecule has 2 N–H and O–H groups in total. The summed E-state index contributed by atoms with van der Waals surface area (Å²) in [5.74, 6) is 1.21. The van der Waals surface area contributed by atoms with Gasteiger partial charge in [-0.3, -0.25) is 4.79 Å². The first-order valence-corrected chi connectivity index (χ1v) is 6.87. The predicted molar refractivity (Wildman–Crippen MR) is 82.5 cm³/mol. The van der Waals surface area contributed by atoms with Crippen molar-refractivity contribution in [2.45, 2.75) is 25.8 Å². The lowest BCUT2D eigenvalue weighted by molar-refractivity contribution is -0.116. The normalized spacial score (nSPS) is 17.7. The zero-order chi connectivity index (χ0) is 15.6. The second-order valence-corrected chi connectivity index (χ2v) is 5.72. The van der Waals surface area contributed by atoms with E-state index in [1.54, 1.807) is 27.3 Å². The maximum atomic E-state index is 11.7. The molecule has 1 aromatic rings. The summed E-state index contributed by atoms with van der Waals surface area (Å²) in [6.07, 6.45) is 2.42. The van der Waals surface area contributed by atoms with E-state index >= 15 is 0 Å². The highest BCUT2D eigenvalue weighted by Gasteiger charge is 2.29. The van der Waals surface area contributed by atoms with Gasteiger partial charge in [0.25, 0.3) is 0 Å². The Morgan fingerprint density at radius 3 is 2.48 bits per heavy atom. The molecule has 0 aromatic heterocycles. The summed E-state index contributed by atoms with van der Waals surface area (Å²) >= 11 is 0. The maximum absolute atomic E-state index is 11.7. The van der Waals surface area contributed by atoms with E-state index in [0.29, 0.717) is 11.5 Å². The molecule has 0 aliphatic carbocycles. The smallest absolute Gasteiger partial charge is 0.245 e. The van der Waals surface area contributed by atoms with Crippen molar-refractivity contribution in [3.05, 3.63) is 29.3 Å². The Morgan fingerprint density at radius 1 is 1.29 bits per heavy atom. The molecule has 5 nitrogen and oxygen atoms in total. The van der Waals surface area contributed by atoms with Crippen molar-refractivity contribution in [1.29, 1.82) is 0 Å². The first-order valence-electron chi connectivity index (χ1n) is 6.87. The quantitative estimate of drug-likeness (QED) is 0.832. The molecule has 0 unspecified atom stereocenters. The minimum Gasteiger partial charge on any atom is -0.493 e. The number of likely N-dealkylation sites (N-methyl/N-ethyl adjacent to an activating group) is 1. The van der Waals surface area contributed by atoms with Gasteiger partial charge in [-0.1, -0.05) is 0 Å². The SMILES string of the molecule is CNC(=O)C=C1NC(C)(C)Cc2cc(OC)c(OC)cc21. The number of fused-ring (bicyclic) bond motifs is 1. The molecule has 1 amide bonds. The van der Waals surface area contributed by atoms with Crippen LogP contribution in [0.1, 0.15) is 25.0 Å². The van der Waals surface area contributed by atoms with Gasteiger partial charge >= 0.3 is 0 Å². The summed E-state index contributed by atoms with van der Waals surface area (Å²) in [5.41, 5.74) is 2.76. The van der Waals surface area contributed by atoms with Gasteiger partial charge in [-0.05, 0) is 38.0 Å². The summed E-state index contributed by atoms with van der Waals surface area (Å²) in [6, 6.07) is 3.89. The highest BCUT2D eigenvalue weighted by Crippen LogP contribution is 2.37. The number of hydrogen-bond acceptors (Lipinski definition) is 4. The van der Waals surface area contributed by atoms with Gasteiger partial charge in [0.2, 0.25) is 5.91 Å². The standard InChI is InChI=1S/C16H22N2O3/c1-16(2)9-10-6-13(20-4)14(21-5)7-11(10)12(18-16)8-15(19)17-3/h6-8,18H,9H2,1-5H3,(H,17,19). The summed E-state index contributed by atoms with van der Waals surface area (Å²) in [4.78, 5) is 11.7. The molecule has 0 spiro atoms. The van der Waals surface area contributed by atoms with Gasteiger partial charge in [0.1, 0.15) is 0 Å². The van der Waals surface area contributed by atoms with Crippen LogP contribution in [0.5, 0.6) is 11.5 Å². The number of ether oxygens (including phenoxy) is 2. The number of benzene rings is 1. The molecule has 0 atom stereocenters. The Hall–Kier alpha value is -2.17. The largest absolute Gasteiger partial charge is 0.493 e. The van der Waals surface area contributed by atoms with Crippen LogP contribution in [0.15, 0.2) is 18.2 Å². The number of carbonyl (C=O) groups excluding carboxylic acids is 1. The minimum absolute atomic E-state index is 0.132. The van der Waals surface area contributed by atoms with Crippen molar-refractivity contribution in [1.82, 2.24) is 10.6 Å². The van der Waals surface area contributed by atoms with E-state index in [1.807, 2.05) is 12.1 Å². The van der Waals surface area contributed by atoms with Crippen molar-refractivity contribution in [2.24, 2.45) is 0 Å². The molecule has 1 aliphatic heterocycles. The van der Waals surface area contributed by atoms with Crippen LogP contribution in [0.2, 0.25) is 0 Å². The molecular weight excluding hydrogens is 268 g/mol. The molecule has 0 bridgehead atoms. The van der Waals surface area contributed by atoms with E-state index in [1.165, 1.54) is 0 Å². The molecule has 114 valence electrons. The van der Waals surface area contributed by atoms with Crippen molar-refractivity contribution in [3.8, 4) is 11.5 Å². The van der Waals surface area contributed by atoms with E-state index in [9.17, 15) is 4.79 Å². The van der Waals surface area contributed by atoms with Gasteiger partial charge in [0.15, 0.2) is 11.5 Å². The average molecular weight is 290 g/mol. The molecule has 0 saturated heterocycles. The monoisotopic (exact) mass is 290 g/mol. The minimum atomic E-state index is -0.143. The number of rotatable bonds is 3. The third kappa shape index (κ3) is 3.12. The molecule has 1 heterocycles. The average Bonchev–Trinajstić information content (AvgIpc) is 2.44. The van der Waals surface area contributed by atoms with Crippen molar-refractivity contribution in [3.63, 3.8) is 0 Å². The molecule has 21 heavy (non-hydrogen) atoms. The van der Waals surface area contributed by atoms with Gasteiger partial charge in [0, 0.05) is 29.9 Å². The molecule has 2 rings (SSSR count). The third-order valence-electron chi connectivity index (χ3n) is 3.53. The fraction of sp³-hybridized carbons (Fsp3) is 0.438. The van der Waals surface area contributed by atoms with Crippen LogP contribution in [-0.2, 0) is 11.2 Å². The van der Waals surface area contributed by atoms with E-state index in [4.69, 9.17) is 9.47 Å². The first kappa shape index (κ1) is 15.2. The van der Waals surface area contributed by atoms with Crippen LogP contribution in [0.3, 0.4) is 0 Å². The summed E-state index contributed by atoms with van der Waals surface area (Å²) in [5, 5.41) is 6.02. The highest BCUT2D eigenvalue weighted by molar-refractivity contribution is 5.95. The van der Waals surface area contributed by atoms with Crippen LogP contribution >= 0.6 is 0 Å². The fourth-order valence-electron chi connectivity index (χ4n) is 2.59. The lowest BCUT2D eigenvalue weighted by Gasteiger charge is -2.36. The molecule has 0 fully saturated rings. The van der Waals surface area contributed by atoms with Crippen molar-refractivity contribution in [2.75, 3.05) is 21.3 Å². The fourth-order valence-corrected chi connectivity index (χ4v) is 2.59. The number of nitrogens with one attached hydrogen (secondary N) is 2. The molecule has 1 aromatic carbocycles. The van der Waals surface area contributed by atoms with Crippen LogP contribution in [0.4, 0.5) is 0 Å². The van der Waals surface area contributed by atoms with Crippen LogP contribution in [-0.4, -0.2) is 32.7 Å². The van der Waals surface area contributed by atoms with E-state index in [-0.39, 0.29) is 11.4 Å². The number of hydrogen-bond donors (Lipinski definition) is 2. The lowest BCUT2D eigenvalue weighted by Crippen LogP contribution is -2.44. The van der Waals surface area contributed by atoms with Gasteiger partial charge in [-0.15, -0.1) is 0 Å². The van der Waals surface area contributed by atoms with Crippen molar-refractivity contribution < 1.29 is 14.3 Å². The van der Waals surface area contributed by atoms with Crippen LogP contribution in [0.25, 0.3) is 5.70 Å². The lowest BCUT2D eigenvalue weighted by atomic mass is 9.85. The summed E-state index contributed by atoms with van der Waals surface area (Å²) in [7, 11) is 4.84. The van der Waals surface area contributed by atoms with Crippen LogP contribution in [0, 0.1) is 0 Å². The summed E-state index contributed by atoms with van der Waals surface area (Å²) < 4.78 is 10.7. The third-order valence-corrected chi connectivity index (χ3v) is 3.53. The second-order valence-electron chi connectivity index (χ2n) is 5.72. The second kappa shape index (κ2) is 5.68. The highest BCUT2D eigenvalue weighted by atomic mass is 16.5. The Labute approximate surface area is 125 Å². The van der Waals surface area contributed by atoms with Gasteiger partial charge in [-0.2, -0.15) is 0 Å². The topological polar surface area (TPSA) is 59.6 Å². The number of amides is 1. The molecule has 0 radical (unpaired) electrons. The van der Waals surface area contributed by atoms with E-state index in [2.05, 4.69) is 24.5 Å². The molecule has 0 saturated carbocycles. The van der Waals surface area contributed by atoms with Crippen LogP contribution < -0.4 is 20.1 Å². The van der Waals surface area contributed by atoms with E-state index in [0.717, 1.165) is 23.2 Å². The predicted octanol–water partition coefficient (Wildman–Crippen LogP) is 1.71. The summed E-state index contributed by atoms with van der Waals surface area (Å²) in [6.45, 7) is 4.20. The Kier molecular flexibility index (Phi) is 4.11. The van der Waals surface area contributed by atoms with E-state index < -0.39 is 0 Å². The maximum Gasteiger partial charge on any atom is 0.245 e. The van der Waals surface area contributed by atoms with Gasteiger partial charge < -0.3 is 20.1 Å². The molecule has 1 aliphatic rings. The molecular formula is C16H22N2O3. The zero-order valence-electron chi connectivity index (χ0n) is 13.2. The zero-order valence-corrected chi connectivity index (χ0v) is 13.2. The van der Waals surface area contributed by atoms with Gasteiger partial charge in [-0.25, -0.2) is 0 Å².